The van der Waals surface area contributed by atoms with E-state index in [0.29, 0.717) is 19.3 Å². The number of aliphatic hydroxyl groups is 2. The maximum atomic E-state index is 13.1. The number of rotatable bonds is 1. The van der Waals surface area contributed by atoms with Gasteiger partial charge in [0.1, 0.15) is 6.10 Å². The highest BCUT2D eigenvalue weighted by atomic mass is 16.4. The second kappa shape index (κ2) is 7.22. The predicted octanol–water partition coefficient (Wildman–Crippen LogP) is 5.38. The fourth-order valence-corrected chi connectivity index (χ4v) is 10.8. The lowest BCUT2D eigenvalue weighted by atomic mass is 9.33. The molecule has 0 saturated heterocycles. The van der Waals surface area contributed by atoms with Crippen LogP contribution in [0.4, 0.5) is 0 Å². The van der Waals surface area contributed by atoms with Gasteiger partial charge in [-0.05, 0) is 85.9 Å². The van der Waals surface area contributed by atoms with Crippen LogP contribution in [0.3, 0.4) is 0 Å². The van der Waals surface area contributed by atoms with Crippen LogP contribution in [0.5, 0.6) is 0 Å². The molecule has 4 fully saturated rings. The molecule has 4 saturated carbocycles. The summed E-state index contributed by atoms with van der Waals surface area (Å²) < 4.78 is 0. The number of hydrogen-bond donors (Lipinski definition) is 3. The molecule has 0 amide bonds. The molecule has 0 aromatic carbocycles. The first-order valence-electron chi connectivity index (χ1n) is 13.9. The van der Waals surface area contributed by atoms with Gasteiger partial charge in [-0.3, -0.25) is 9.59 Å². The Hall–Kier alpha value is -1.20. The smallest absolute Gasteiger partial charge is 0.310 e. The van der Waals surface area contributed by atoms with E-state index in [-0.39, 0.29) is 45.7 Å². The molecule has 5 aliphatic carbocycles. The molecule has 0 aliphatic heterocycles. The van der Waals surface area contributed by atoms with E-state index in [9.17, 15) is 24.9 Å². The highest BCUT2D eigenvalue weighted by Gasteiger charge is 2.71. The number of allylic oxidation sites excluding steroid dienone is 1. The van der Waals surface area contributed by atoms with E-state index >= 15 is 0 Å². The summed E-state index contributed by atoms with van der Waals surface area (Å²) in [6, 6.07) is 0. The Morgan fingerprint density at radius 3 is 2.26 bits per heavy atom. The van der Waals surface area contributed by atoms with Crippen molar-refractivity contribution in [2.75, 3.05) is 0 Å². The summed E-state index contributed by atoms with van der Waals surface area (Å²) in [5.74, 6) is -0.588. The number of aliphatic hydroxyl groups excluding tert-OH is 1. The SMILES string of the molecule is C[C@H]1CC[C@]2(C(=O)O)CC[C@@]3(C)C(=CC[C@@H]4[C@@]5(C)CC(=O)[C@@H](O)C(C)(C)[C@@H]5CC[C@@]43C)[C@@H]2[C@@]1(C)O. The van der Waals surface area contributed by atoms with Gasteiger partial charge in [0, 0.05) is 17.8 Å². The zero-order chi connectivity index (χ0) is 26.0. The quantitative estimate of drug-likeness (QED) is 0.432. The highest BCUT2D eigenvalue weighted by Crippen LogP contribution is 2.75. The van der Waals surface area contributed by atoms with E-state index in [1.165, 1.54) is 5.57 Å². The van der Waals surface area contributed by atoms with Gasteiger partial charge >= 0.3 is 5.97 Å². The number of carboxylic acid groups (broad SMARTS) is 1. The summed E-state index contributed by atoms with van der Waals surface area (Å²) in [6.07, 6.45) is 7.35. The fraction of sp³-hybridized carbons (Fsp3) is 0.867. The summed E-state index contributed by atoms with van der Waals surface area (Å²) in [6.45, 7) is 15.1. The van der Waals surface area contributed by atoms with Gasteiger partial charge in [0.05, 0.1) is 11.0 Å². The van der Waals surface area contributed by atoms with Crippen molar-refractivity contribution in [2.24, 2.45) is 50.7 Å². The number of hydrogen-bond acceptors (Lipinski definition) is 4. The average Bonchev–Trinajstić information content (AvgIpc) is 2.75. The summed E-state index contributed by atoms with van der Waals surface area (Å²) in [5, 5.41) is 33.2. The van der Waals surface area contributed by atoms with Crippen LogP contribution >= 0.6 is 0 Å². The Bertz CT molecular complexity index is 995. The molecule has 5 rings (SSSR count). The van der Waals surface area contributed by atoms with Gasteiger partial charge in [-0.1, -0.05) is 53.2 Å². The Balaban J connectivity index is 1.65. The summed E-state index contributed by atoms with van der Waals surface area (Å²) in [7, 11) is 0. The molecule has 5 heteroatoms. The number of fused-ring (bicyclic) bond motifs is 7. The Morgan fingerprint density at radius 2 is 1.63 bits per heavy atom. The largest absolute Gasteiger partial charge is 0.481 e. The third-order valence-corrected chi connectivity index (χ3v) is 13.2. The first-order chi connectivity index (χ1) is 16.0. The van der Waals surface area contributed by atoms with Gasteiger partial charge in [0.2, 0.25) is 0 Å². The first-order valence-corrected chi connectivity index (χ1v) is 13.9. The van der Waals surface area contributed by atoms with Crippen molar-refractivity contribution in [3.8, 4) is 0 Å². The van der Waals surface area contributed by atoms with Crippen LogP contribution < -0.4 is 0 Å². The van der Waals surface area contributed by atoms with Gasteiger partial charge in [-0.25, -0.2) is 0 Å². The average molecular weight is 487 g/mol. The second-order valence-electron chi connectivity index (χ2n) is 14.7. The van der Waals surface area contributed by atoms with E-state index < -0.39 is 28.5 Å². The molecule has 0 heterocycles. The molecule has 35 heavy (non-hydrogen) atoms. The normalized spacial score (nSPS) is 55.1. The number of carbonyl (C=O) groups is 2. The number of carbonyl (C=O) groups excluding carboxylic acids is 1. The monoisotopic (exact) mass is 486 g/mol. The fourth-order valence-electron chi connectivity index (χ4n) is 10.8. The molecule has 196 valence electrons. The zero-order valence-corrected chi connectivity index (χ0v) is 22.8. The molecule has 3 N–H and O–H groups in total. The molecule has 0 radical (unpaired) electrons. The van der Waals surface area contributed by atoms with Crippen molar-refractivity contribution < 1.29 is 24.9 Å². The van der Waals surface area contributed by atoms with Crippen LogP contribution in [0, 0.1) is 50.7 Å². The minimum Gasteiger partial charge on any atom is -0.481 e. The molecule has 10 atom stereocenters. The molecule has 0 spiro atoms. The van der Waals surface area contributed by atoms with Gasteiger partial charge in [-0.2, -0.15) is 0 Å². The summed E-state index contributed by atoms with van der Waals surface area (Å²) in [4.78, 5) is 25.9. The third kappa shape index (κ3) is 2.83. The number of carboxylic acids is 1. The standard InChI is InChI=1S/C30H46O5/c1-17-10-13-30(24(33)34)15-14-27(5)18(22(30)29(17,7)35)8-9-21-26(4)16-19(31)23(32)25(2,3)20(26)11-12-28(21,27)6/h8,17,20-23,32,35H,9-16H2,1-7H3,(H,33,34)/t17-,20-,21+,22+,23+,26-,27-,28-,29-,30-/m0/s1. The maximum absolute atomic E-state index is 13.1. The van der Waals surface area contributed by atoms with Crippen LogP contribution in [0.1, 0.15) is 99.8 Å². The third-order valence-electron chi connectivity index (χ3n) is 13.2. The van der Waals surface area contributed by atoms with Crippen LogP contribution in [0.25, 0.3) is 0 Å². The van der Waals surface area contributed by atoms with Crippen molar-refractivity contribution in [2.45, 2.75) is 112 Å². The minimum absolute atomic E-state index is 0.0319. The molecule has 5 nitrogen and oxygen atoms in total. The van der Waals surface area contributed by atoms with Crippen LogP contribution in [0.15, 0.2) is 11.6 Å². The van der Waals surface area contributed by atoms with Crippen LogP contribution in [0.2, 0.25) is 0 Å². The predicted molar refractivity (Wildman–Crippen MR) is 134 cm³/mol. The van der Waals surface area contributed by atoms with Crippen molar-refractivity contribution in [1.82, 2.24) is 0 Å². The van der Waals surface area contributed by atoms with Gasteiger partial charge in [-0.15, -0.1) is 0 Å². The molecule has 0 bridgehead atoms. The zero-order valence-electron chi connectivity index (χ0n) is 22.8. The molecular formula is C30H46O5. The van der Waals surface area contributed by atoms with E-state index in [1.54, 1.807) is 0 Å². The first kappa shape index (κ1) is 25.4. The molecule has 0 unspecified atom stereocenters. The van der Waals surface area contributed by atoms with E-state index in [2.05, 4.69) is 47.6 Å². The maximum Gasteiger partial charge on any atom is 0.310 e. The van der Waals surface area contributed by atoms with E-state index in [0.717, 1.165) is 32.1 Å². The van der Waals surface area contributed by atoms with Crippen molar-refractivity contribution >= 4 is 11.8 Å². The molecule has 0 aromatic heterocycles. The van der Waals surface area contributed by atoms with Crippen molar-refractivity contribution in [3.63, 3.8) is 0 Å². The number of Topliss-reactive ketones (excluding diaryl/α,β-unsaturated/α-hetero) is 1. The Morgan fingerprint density at radius 1 is 0.971 bits per heavy atom. The van der Waals surface area contributed by atoms with Crippen molar-refractivity contribution in [1.29, 1.82) is 0 Å². The lowest BCUT2D eigenvalue weighted by Gasteiger charge is -2.71. The van der Waals surface area contributed by atoms with Crippen molar-refractivity contribution in [3.05, 3.63) is 11.6 Å². The van der Waals surface area contributed by atoms with Crippen LogP contribution in [-0.4, -0.2) is 38.8 Å². The van der Waals surface area contributed by atoms with Crippen LogP contribution in [-0.2, 0) is 9.59 Å². The summed E-state index contributed by atoms with van der Waals surface area (Å²) in [5.41, 5.74) is -1.78. The molecule has 5 aliphatic rings. The van der Waals surface area contributed by atoms with Gasteiger partial charge < -0.3 is 15.3 Å². The highest BCUT2D eigenvalue weighted by molar-refractivity contribution is 5.85. The second-order valence-corrected chi connectivity index (χ2v) is 14.7. The summed E-state index contributed by atoms with van der Waals surface area (Å²) >= 11 is 0. The minimum atomic E-state index is -1.07. The van der Waals surface area contributed by atoms with Gasteiger partial charge in [0.25, 0.3) is 0 Å². The lowest BCUT2D eigenvalue weighted by molar-refractivity contribution is -0.215. The molecular weight excluding hydrogens is 440 g/mol. The molecule has 0 aromatic rings. The lowest BCUT2D eigenvalue weighted by Crippen LogP contribution is -2.68. The Labute approximate surface area is 210 Å². The van der Waals surface area contributed by atoms with Gasteiger partial charge in [0.15, 0.2) is 5.78 Å². The van der Waals surface area contributed by atoms with E-state index in [4.69, 9.17) is 0 Å². The Kier molecular flexibility index (Phi) is 5.25. The topological polar surface area (TPSA) is 94.8 Å². The number of ketones is 1. The number of aliphatic carboxylic acids is 1. The van der Waals surface area contributed by atoms with E-state index in [1.807, 2.05) is 6.92 Å².